The number of nitrogens with two attached hydrogens (primary N) is 1. The van der Waals surface area contributed by atoms with Crippen molar-refractivity contribution in [3.8, 4) is 5.75 Å². The Morgan fingerprint density at radius 1 is 1.48 bits per heavy atom. The maximum absolute atomic E-state index is 13.3. The van der Waals surface area contributed by atoms with E-state index >= 15 is 0 Å². The van der Waals surface area contributed by atoms with Crippen LogP contribution in [0.1, 0.15) is 16.2 Å². The van der Waals surface area contributed by atoms with E-state index in [4.69, 9.17) is 10.5 Å². The Bertz CT molecular complexity index is 587. The molecule has 0 spiro atoms. The molecule has 7 heteroatoms. The molecule has 0 aliphatic heterocycles. The number of aromatic nitrogens is 2. The monoisotopic (exact) mass is 292 g/mol. The molecule has 4 N–H and O–H groups in total. The van der Waals surface area contributed by atoms with Crippen molar-refractivity contribution >= 4 is 5.91 Å². The van der Waals surface area contributed by atoms with E-state index < -0.39 is 11.7 Å². The maximum Gasteiger partial charge on any atom is 0.255 e. The van der Waals surface area contributed by atoms with Gasteiger partial charge in [-0.25, -0.2) is 9.37 Å². The highest BCUT2D eigenvalue weighted by molar-refractivity contribution is 5.96. The van der Waals surface area contributed by atoms with Gasteiger partial charge in [0.05, 0.1) is 5.56 Å². The van der Waals surface area contributed by atoms with Crippen molar-refractivity contribution in [1.29, 1.82) is 0 Å². The van der Waals surface area contributed by atoms with Crippen LogP contribution < -0.4 is 15.8 Å². The third-order valence-electron chi connectivity index (χ3n) is 2.76. The highest BCUT2D eigenvalue weighted by Crippen LogP contribution is 2.19. The average Bonchev–Trinajstić information content (AvgIpc) is 2.99. The molecule has 1 heterocycles. The molecule has 2 rings (SSSR count). The minimum absolute atomic E-state index is 0.155. The largest absolute Gasteiger partial charge is 0.491 e. The number of ether oxygens (including phenoxy) is 1. The summed E-state index contributed by atoms with van der Waals surface area (Å²) in [7, 11) is 0. The van der Waals surface area contributed by atoms with Crippen LogP contribution in [0.5, 0.6) is 5.75 Å². The van der Waals surface area contributed by atoms with Gasteiger partial charge >= 0.3 is 0 Å². The fourth-order valence-corrected chi connectivity index (χ4v) is 1.80. The summed E-state index contributed by atoms with van der Waals surface area (Å²) in [6.45, 7) is 0.967. The first-order valence-electron chi connectivity index (χ1n) is 6.59. The third kappa shape index (κ3) is 4.28. The summed E-state index contributed by atoms with van der Waals surface area (Å²) >= 11 is 0. The molecule has 0 aliphatic carbocycles. The molecule has 0 bridgehead atoms. The second kappa shape index (κ2) is 7.39. The highest BCUT2D eigenvalue weighted by Gasteiger charge is 2.13. The number of H-pyrrole nitrogens is 1. The number of benzene rings is 1. The smallest absolute Gasteiger partial charge is 0.255 e. The average molecular weight is 292 g/mol. The molecule has 0 fully saturated rings. The van der Waals surface area contributed by atoms with Crippen LogP contribution in [-0.2, 0) is 6.42 Å². The molecule has 2 aromatic rings. The number of rotatable bonds is 7. The van der Waals surface area contributed by atoms with Crippen LogP contribution in [0.4, 0.5) is 4.39 Å². The van der Waals surface area contributed by atoms with Gasteiger partial charge in [-0.2, -0.15) is 0 Å². The summed E-state index contributed by atoms with van der Waals surface area (Å²) in [5.74, 6) is 0.200. The number of amides is 1. The van der Waals surface area contributed by atoms with Gasteiger partial charge in [0.15, 0.2) is 0 Å². The number of nitrogens with zero attached hydrogens (tertiary/aromatic N) is 1. The maximum atomic E-state index is 13.3. The van der Waals surface area contributed by atoms with Gasteiger partial charge in [-0.05, 0) is 18.2 Å². The topological polar surface area (TPSA) is 93.0 Å². The van der Waals surface area contributed by atoms with Gasteiger partial charge in [-0.3, -0.25) is 4.79 Å². The van der Waals surface area contributed by atoms with E-state index in [1.54, 1.807) is 12.4 Å². The summed E-state index contributed by atoms with van der Waals surface area (Å²) in [4.78, 5) is 19.1. The van der Waals surface area contributed by atoms with Gasteiger partial charge in [-0.15, -0.1) is 0 Å². The molecule has 0 radical (unpaired) electrons. The van der Waals surface area contributed by atoms with Gasteiger partial charge in [0.25, 0.3) is 5.91 Å². The number of hydrogen-bond acceptors (Lipinski definition) is 4. The van der Waals surface area contributed by atoms with Gasteiger partial charge in [0.2, 0.25) is 0 Å². The lowest BCUT2D eigenvalue weighted by Gasteiger charge is -2.11. The standard InChI is InChI=1S/C14H17FN4O2/c15-10-1-2-12(21-8-4-16)11(9-10)14(20)19-5-3-13-17-6-7-18-13/h1-2,6-7,9H,3-5,8,16H2,(H,17,18)(H,19,20). The summed E-state index contributed by atoms with van der Waals surface area (Å²) in [6, 6.07) is 3.81. The van der Waals surface area contributed by atoms with Crippen molar-refractivity contribution in [1.82, 2.24) is 15.3 Å². The summed E-state index contributed by atoms with van der Waals surface area (Å²) in [6.07, 6.45) is 3.91. The Kier molecular flexibility index (Phi) is 5.28. The first-order valence-corrected chi connectivity index (χ1v) is 6.59. The minimum atomic E-state index is -0.494. The summed E-state index contributed by atoms with van der Waals surface area (Å²) in [5.41, 5.74) is 5.51. The van der Waals surface area contributed by atoms with Crippen molar-refractivity contribution in [2.24, 2.45) is 5.73 Å². The zero-order chi connectivity index (χ0) is 15.1. The fourth-order valence-electron chi connectivity index (χ4n) is 1.80. The molecule has 0 saturated heterocycles. The molecule has 0 atom stereocenters. The number of hydrogen-bond donors (Lipinski definition) is 3. The van der Waals surface area contributed by atoms with Gasteiger partial charge in [0.1, 0.15) is 24.0 Å². The lowest BCUT2D eigenvalue weighted by Crippen LogP contribution is -2.27. The Morgan fingerprint density at radius 3 is 3.05 bits per heavy atom. The molecular weight excluding hydrogens is 275 g/mol. The van der Waals surface area contributed by atoms with E-state index in [-0.39, 0.29) is 12.2 Å². The molecule has 1 aromatic carbocycles. The van der Waals surface area contributed by atoms with Gasteiger partial charge in [-0.1, -0.05) is 0 Å². The first-order chi connectivity index (χ1) is 10.2. The van der Waals surface area contributed by atoms with Crippen molar-refractivity contribution in [3.05, 3.63) is 47.8 Å². The zero-order valence-electron chi connectivity index (χ0n) is 11.4. The van der Waals surface area contributed by atoms with Crippen LogP contribution in [0.25, 0.3) is 0 Å². The Hall–Kier alpha value is -2.41. The van der Waals surface area contributed by atoms with E-state index in [0.29, 0.717) is 25.3 Å². The predicted molar refractivity (Wildman–Crippen MR) is 75.6 cm³/mol. The minimum Gasteiger partial charge on any atom is -0.491 e. The van der Waals surface area contributed by atoms with Crippen LogP contribution in [0.3, 0.4) is 0 Å². The first kappa shape index (κ1) is 15.0. The molecular formula is C14H17FN4O2. The quantitative estimate of drug-likeness (QED) is 0.705. The van der Waals surface area contributed by atoms with Crippen LogP contribution in [-0.4, -0.2) is 35.6 Å². The number of halogens is 1. The van der Waals surface area contributed by atoms with Crippen LogP contribution >= 0.6 is 0 Å². The summed E-state index contributed by atoms with van der Waals surface area (Å²) in [5, 5.41) is 2.70. The number of aromatic amines is 1. The molecule has 1 aromatic heterocycles. The fraction of sp³-hybridized carbons (Fsp3) is 0.286. The number of nitrogens with one attached hydrogen (secondary N) is 2. The Balaban J connectivity index is 1.98. The van der Waals surface area contributed by atoms with Gasteiger partial charge < -0.3 is 20.8 Å². The van der Waals surface area contributed by atoms with Crippen LogP contribution in [0.15, 0.2) is 30.6 Å². The Morgan fingerprint density at radius 2 is 2.33 bits per heavy atom. The van der Waals surface area contributed by atoms with E-state index in [0.717, 1.165) is 11.9 Å². The van der Waals surface area contributed by atoms with Crippen molar-refractivity contribution in [2.75, 3.05) is 19.7 Å². The predicted octanol–water partition coefficient (Wildman–Crippen LogP) is 0.859. The molecule has 0 unspecified atom stereocenters. The summed E-state index contributed by atoms with van der Waals surface area (Å²) < 4.78 is 18.6. The lowest BCUT2D eigenvalue weighted by molar-refractivity contribution is 0.0949. The second-order valence-electron chi connectivity index (χ2n) is 4.32. The van der Waals surface area contributed by atoms with Crippen LogP contribution in [0.2, 0.25) is 0 Å². The molecule has 6 nitrogen and oxygen atoms in total. The Labute approximate surface area is 121 Å². The van der Waals surface area contributed by atoms with Crippen molar-refractivity contribution < 1.29 is 13.9 Å². The number of imidazole rings is 1. The van der Waals surface area contributed by atoms with E-state index in [1.807, 2.05) is 0 Å². The van der Waals surface area contributed by atoms with Crippen molar-refractivity contribution in [3.63, 3.8) is 0 Å². The van der Waals surface area contributed by atoms with Crippen LogP contribution in [0, 0.1) is 5.82 Å². The molecule has 0 saturated carbocycles. The number of carbonyl (C=O) groups is 1. The van der Waals surface area contributed by atoms with E-state index in [1.165, 1.54) is 12.1 Å². The lowest BCUT2D eigenvalue weighted by atomic mass is 10.1. The number of carbonyl (C=O) groups excluding carboxylic acids is 1. The van der Waals surface area contributed by atoms with Crippen molar-refractivity contribution in [2.45, 2.75) is 6.42 Å². The molecule has 1 amide bonds. The molecule has 0 aliphatic rings. The SMILES string of the molecule is NCCOc1ccc(F)cc1C(=O)NCCc1ncc[nH]1. The van der Waals surface area contributed by atoms with E-state index in [9.17, 15) is 9.18 Å². The molecule has 21 heavy (non-hydrogen) atoms. The zero-order valence-corrected chi connectivity index (χ0v) is 11.4. The highest BCUT2D eigenvalue weighted by atomic mass is 19.1. The van der Waals surface area contributed by atoms with E-state index in [2.05, 4.69) is 15.3 Å². The normalized spacial score (nSPS) is 10.4. The third-order valence-corrected chi connectivity index (χ3v) is 2.76. The second-order valence-corrected chi connectivity index (χ2v) is 4.32. The van der Waals surface area contributed by atoms with Gasteiger partial charge in [0, 0.05) is 31.9 Å². The molecule has 112 valence electrons.